The number of thioether (sulfide) groups is 1. The average molecular weight is 451 g/mol. The smallest absolute Gasteiger partial charge is 0.383 e. The molecule has 32 heavy (non-hydrogen) atoms. The maximum absolute atomic E-state index is 12.8. The molecule has 3 rings (SSSR count). The maximum Gasteiger partial charge on any atom is 0.435 e. The summed E-state index contributed by atoms with van der Waals surface area (Å²) < 4.78 is 6.00. The van der Waals surface area contributed by atoms with Crippen LogP contribution in [0.5, 0.6) is 0 Å². The maximum atomic E-state index is 12.8. The number of carbonyl (C=O) groups excluding carboxylic acids is 1. The molecule has 0 fully saturated rings. The minimum Gasteiger partial charge on any atom is -0.383 e. The molecule has 10 nitrogen and oxygen atoms in total. The third kappa shape index (κ3) is 4.19. The van der Waals surface area contributed by atoms with E-state index in [9.17, 15) is 20.1 Å². The predicted molar refractivity (Wildman–Crippen MR) is 117 cm³/mol. The quantitative estimate of drug-likeness (QED) is 0.391. The molecule has 2 aromatic heterocycles. The Hall–Kier alpha value is -4.09. The third-order valence-corrected chi connectivity index (χ3v) is 5.84. The number of benzene rings is 1. The number of rotatable bonds is 5. The van der Waals surface area contributed by atoms with E-state index in [0.29, 0.717) is 5.69 Å². The van der Waals surface area contributed by atoms with Crippen molar-refractivity contribution in [2.45, 2.75) is 31.0 Å². The van der Waals surface area contributed by atoms with E-state index in [1.807, 2.05) is 44.2 Å². The average Bonchev–Trinajstić information content (AvgIpc) is 3.07. The molecular weight excluding hydrogens is 430 g/mol. The van der Waals surface area contributed by atoms with Gasteiger partial charge in [-0.25, -0.2) is 9.78 Å². The van der Waals surface area contributed by atoms with Gasteiger partial charge in [0.05, 0.1) is 10.8 Å². The van der Waals surface area contributed by atoms with Crippen molar-refractivity contribution < 1.29 is 14.0 Å². The number of aryl methyl sites for hydroxylation is 3. The molecule has 11 heteroatoms. The van der Waals surface area contributed by atoms with E-state index in [4.69, 9.17) is 10.3 Å². The molecule has 1 atom stereocenters. The fourth-order valence-corrected chi connectivity index (χ4v) is 4.06. The van der Waals surface area contributed by atoms with E-state index in [2.05, 4.69) is 15.6 Å². The SMILES string of the molecule is Cc1ccc(NC(=O)C(C)Sc2nc(N)c(C#N)c(-c3c(=O)o[nH][n+]3C)c2C#N)c(C)c1. The molecule has 0 saturated carbocycles. The first-order valence-corrected chi connectivity index (χ1v) is 10.3. The van der Waals surface area contributed by atoms with Crippen molar-refractivity contribution in [3.8, 4) is 23.4 Å². The van der Waals surface area contributed by atoms with Crippen LogP contribution >= 0.6 is 11.8 Å². The number of nitrogen functional groups attached to an aromatic ring is 1. The molecule has 4 N–H and O–H groups in total. The molecule has 0 bridgehead atoms. The lowest BCUT2D eigenvalue weighted by molar-refractivity contribution is -0.730. The van der Waals surface area contributed by atoms with Gasteiger partial charge in [0.25, 0.3) is 0 Å². The Kier molecular flexibility index (Phi) is 6.32. The summed E-state index contributed by atoms with van der Waals surface area (Å²) in [6.07, 6.45) is 0. The minimum absolute atomic E-state index is 0.00415. The van der Waals surface area contributed by atoms with Crippen LogP contribution in [0.3, 0.4) is 0 Å². The molecule has 0 radical (unpaired) electrons. The Morgan fingerprint density at radius 1 is 1.31 bits per heavy atom. The molecule has 0 saturated heterocycles. The van der Waals surface area contributed by atoms with E-state index >= 15 is 0 Å². The molecule has 2 heterocycles. The van der Waals surface area contributed by atoms with E-state index in [1.54, 1.807) is 6.92 Å². The number of anilines is 2. The van der Waals surface area contributed by atoms with Gasteiger partial charge in [-0.3, -0.25) is 9.32 Å². The lowest BCUT2D eigenvalue weighted by atomic mass is 10.0. The largest absolute Gasteiger partial charge is 0.435 e. The summed E-state index contributed by atoms with van der Waals surface area (Å²) in [7, 11) is 1.49. The standard InChI is InChI=1S/C21H19N7O3S/c1-10-5-6-15(11(2)7-10)25-19(29)12(3)32-20-14(9-23)16(13(8-22)18(24)26-20)17-21(30)31-27-28(17)4/h5-7,12H,1-4H3,(H3-,24,25,26,27,29,30)/p+1. The molecule has 0 spiro atoms. The monoisotopic (exact) mass is 450 g/mol. The Morgan fingerprint density at radius 2 is 2.00 bits per heavy atom. The zero-order chi connectivity index (χ0) is 23.6. The molecule has 162 valence electrons. The molecule has 0 aliphatic heterocycles. The van der Waals surface area contributed by atoms with Crippen LogP contribution < -0.4 is 21.4 Å². The second kappa shape index (κ2) is 8.96. The molecule has 1 amide bonds. The summed E-state index contributed by atoms with van der Waals surface area (Å²) in [5, 5.41) is 24.1. The fraction of sp³-hybridized carbons (Fsp3) is 0.238. The number of hydrogen-bond donors (Lipinski definition) is 3. The molecule has 3 aromatic rings. The van der Waals surface area contributed by atoms with Crippen molar-refractivity contribution in [1.29, 1.82) is 10.5 Å². The van der Waals surface area contributed by atoms with Crippen LogP contribution in [0.2, 0.25) is 0 Å². The van der Waals surface area contributed by atoms with Gasteiger partial charge in [0, 0.05) is 5.69 Å². The normalized spacial score (nSPS) is 11.4. The number of amides is 1. The number of aromatic amines is 1. The number of pyridine rings is 1. The van der Waals surface area contributed by atoms with Gasteiger partial charge < -0.3 is 11.1 Å². The number of hydrogen-bond acceptors (Lipinski definition) is 8. The van der Waals surface area contributed by atoms with Crippen molar-refractivity contribution in [2.75, 3.05) is 11.1 Å². The van der Waals surface area contributed by atoms with E-state index in [0.717, 1.165) is 22.9 Å². The number of nitrogens with one attached hydrogen (secondary N) is 2. The van der Waals surface area contributed by atoms with Crippen LogP contribution in [0.1, 0.15) is 29.2 Å². The molecule has 1 aromatic carbocycles. The van der Waals surface area contributed by atoms with E-state index < -0.39 is 10.9 Å². The van der Waals surface area contributed by atoms with Crippen molar-refractivity contribution in [3.63, 3.8) is 0 Å². The molecule has 0 aliphatic carbocycles. The van der Waals surface area contributed by atoms with Gasteiger partial charge in [0.2, 0.25) is 5.91 Å². The van der Waals surface area contributed by atoms with Gasteiger partial charge >= 0.3 is 11.3 Å². The highest BCUT2D eigenvalue weighted by Gasteiger charge is 2.32. The first-order valence-electron chi connectivity index (χ1n) is 9.44. The zero-order valence-electron chi connectivity index (χ0n) is 17.8. The van der Waals surface area contributed by atoms with Gasteiger partial charge in [-0.15, -0.1) is 0 Å². The summed E-state index contributed by atoms with van der Waals surface area (Å²) in [6, 6.07) is 9.55. The number of nitriles is 2. The first-order chi connectivity index (χ1) is 15.2. The summed E-state index contributed by atoms with van der Waals surface area (Å²) in [5.41, 5.74) is 7.64. The highest BCUT2D eigenvalue weighted by Crippen LogP contribution is 2.35. The Balaban J connectivity index is 2.01. The van der Waals surface area contributed by atoms with Crippen LogP contribution in [-0.4, -0.2) is 21.4 Å². The Morgan fingerprint density at radius 3 is 2.56 bits per heavy atom. The lowest BCUT2D eigenvalue weighted by Crippen LogP contribution is -2.34. The summed E-state index contributed by atoms with van der Waals surface area (Å²) in [5.74, 6) is -0.463. The Labute approximate surface area is 187 Å². The predicted octanol–water partition coefficient (Wildman–Crippen LogP) is 1.92. The third-order valence-electron chi connectivity index (χ3n) is 4.75. The van der Waals surface area contributed by atoms with Crippen LogP contribution in [-0.2, 0) is 11.8 Å². The number of aromatic nitrogens is 3. The molecule has 1 unspecified atom stereocenters. The zero-order valence-corrected chi connectivity index (χ0v) is 18.6. The topological polar surface area (TPSA) is 165 Å². The van der Waals surface area contributed by atoms with Crippen LogP contribution in [0.15, 0.2) is 32.5 Å². The number of H-pyrrole nitrogens is 1. The summed E-state index contributed by atoms with van der Waals surface area (Å²) in [6.45, 7) is 5.51. The molecule has 0 aliphatic rings. The van der Waals surface area contributed by atoms with Crippen LogP contribution in [0.25, 0.3) is 11.3 Å². The van der Waals surface area contributed by atoms with E-state index in [1.165, 1.54) is 11.7 Å². The number of nitrogens with two attached hydrogens (primary N) is 1. The summed E-state index contributed by atoms with van der Waals surface area (Å²) >= 11 is 1.00. The summed E-state index contributed by atoms with van der Waals surface area (Å²) in [4.78, 5) is 29.2. The van der Waals surface area contributed by atoms with E-state index in [-0.39, 0.29) is 39.1 Å². The van der Waals surface area contributed by atoms with Gasteiger partial charge in [-0.05, 0) is 37.7 Å². The van der Waals surface area contributed by atoms with Crippen LogP contribution in [0, 0.1) is 36.5 Å². The highest BCUT2D eigenvalue weighted by atomic mass is 32.2. The second-order valence-electron chi connectivity index (χ2n) is 7.11. The van der Waals surface area contributed by atoms with Gasteiger partial charge in [-0.1, -0.05) is 34.1 Å². The number of nitrogens with zero attached hydrogens (tertiary/aromatic N) is 4. The van der Waals surface area contributed by atoms with Crippen molar-refractivity contribution in [2.24, 2.45) is 7.05 Å². The van der Waals surface area contributed by atoms with Crippen molar-refractivity contribution in [1.82, 2.24) is 10.3 Å². The first kappa shape index (κ1) is 22.6. The van der Waals surface area contributed by atoms with Crippen LogP contribution in [0.4, 0.5) is 11.5 Å². The van der Waals surface area contributed by atoms with Crippen molar-refractivity contribution in [3.05, 3.63) is 50.9 Å². The second-order valence-corrected chi connectivity index (χ2v) is 8.44. The Bertz CT molecular complexity index is 1360. The fourth-order valence-electron chi connectivity index (χ4n) is 3.14. The minimum atomic E-state index is -0.775. The number of carbonyl (C=O) groups is 1. The molecular formula is C21H20N7O3S+. The van der Waals surface area contributed by atoms with Gasteiger partial charge in [-0.2, -0.15) is 10.5 Å². The van der Waals surface area contributed by atoms with Gasteiger partial charge in [0.1, 0.15) is 34.1 Å². The van der Waals surface area contributed by atoms with Gasteiger partial charge in [0.15, 0.2) is 7.05 Å². The lowest BCUT2D eigenvalue weighted by Gasteiger charge is -2.15. The highest BCUT2D eigenvalue weighted by molar-refractivity contribution is 8.00. The van der Waals surface area contributed by atoms with Crippen molar-refractivity contribution >= 4 is 29.2 Å².